The van der Waals surface area contributed by atoms with Gasteiger partial charge in [0.1, 0.15) is 9.88 Å². The third-order valence-corrected chi connectivity index (χ3v) is 3.89. The van der Waals surface area contributed by atoms with Crippen molar-refractivity contribution in [1.82, 2.24) is 4.98 Å². The van der Waals surface area contributed by atoms with Gasteiger partial charge >= 0.3 is 5.97 Å². The molecule has 0 spiro atoms. The minimum atomic E-state index is -0.902. The number of hydrogen-bond acceptors (Lipinski definition) is 3. The topological polar surface area (TPSA) is 50.2 Å². The molecule has 1 N–H and O–H groups in total. The van der Waals surface area contributed by atoms with E-state index in [4.69, 9.17) is 0 Å². The molecule has 2 rings (SSSR count). The highest BCUT2D eigenvalue weighted by molar-refractivity contribution is 7.17. The average molecular weight is 275 g/mol. The molecule has 2 aromatic rings. The number of carbonyl (C=O) groups is 1. The molecule has 0 radical (unpaired) electrons. The van der Waals surface area contributed by atoms with Gasteiger partial charge in [0.2, 0.25) is 0 Å². The van der Waals surface area contributed by atoms with Crippen LogP contribution in [0.5, 0.6) is 0 Å². The highest BCUT2D eigenvalue weighted by Gasteiger charge is 2.27. The molecule has 0 aliphatic carbocycles. The largest absolute Gasteiger partial charge is 0.477 e. The van der Waals surface area contributed by atoms with Crippen LogP contribution in [0.25, 0.3) is 10.6 Å². The molecule has 0 saturated carbocycles. The van der Waals surface area contributed by atoms with Crippen molar-refractivity contribution in [3.63, 3.8) is 0 Å². The molecule has 100 valence electrons. The molecule has 0 atom stereocenters. The maximum atomic E-state index is 11.4. The van der Waals surface area contributed by atoms with Gasteiger partial charge in [-0.25, -0.2) is 9.78 Å². The molecule has 0 amide bonds. The number of thiazole rings is 1. The first-order valence-corrected chi connectivity index (χ1v) is 6.92. The lowest BCUT2D eigenvalue weighted by molar-refractivity contribution is 0.0699. The molecule has 0 unspecified atom stereocenters. The summed E-state index contributed by atoms with van der Waals surface area (Å²) in [7, 11) is 0. The summed E-state index contributed by atoms with van der Waals surface area (Å²) < 4.78 is 0. The lowest BCUT2D eigenvalue weighted by Crippen LogP contribution is -2.16. The summed E-state index contributed by atoms with van der Waals surface area (Å²) in [5.41, 5.74) is 2.50. The highest BCUT2D eigenvalue weighted by atomic mass is 32.1. The van der Waals surface area contributed by atoms with Crippen LogP contribution < -0.4 is 0 Å². The maximum absolute atomic E-state index is 11.4. The van der Waals surface area contributed by atoms with E-state index in [1.54, 1.807) is 0 Å². The van der Waals surface area contributed by atoms with Crippen molar-refractivity contribution in [2.45, 2.75) is 33.1 Å². The first-order valence-electron chi connectivity index (χ1n) is 6.10. The fourth-order valence-corrected chi connectivity index (χ4v) is 2.99. The SMILES string of the molecule is Cc1cccc(-c2nc(C(C)(C)C)c(C(=O)O)s2)c1. The molecule has 0 saturated heterocycles. The summed E-state index contributed by atoms with van der Waals surface area (Å²) in [5, 5.41) is 10.1. The third-order valence-electron chi connectivity index (χ3n) is 2.80. The number of benzene rings is 1. The summed E-state index contributed by atoms with van der Waals surface area (Å²) in [4.78, 5) is 16.2. The van der Waals surface area contributed by atoms with Gasteiger partial charge in [0.25, 0.3) is 0 Å². The Balaban J connectivity index is 2.58. The number of aryl methyl sites for hydroxylation is 1. The van der Waals surface area contributed by atoms with Crippen molar-refractivity contribution in [3.8, 4) is 10.6 Å². The molecule has 0 aliphatic heterocycles. The number of aromatic carboxylic acids is 1. The standard InChI is InChI=1S/C15H17NO2S/c1-9-6-5-7-10(8-9)13-16-12(15(2,3)4)11(19-13)14(17)18/h5-8H,1-4H3,(H,17,18). The second-order valence-corrected chi connectivity index (χ2v) is 6.62. The number of aromatic nitrogens is 1. The first kappa shape index (κ1) is 13.7. The Morgan fingerprint density at radius 1 is 1.32 bits per heavy atom. The van der Waals surface area contributed by atoms with Crippen LogP contribution in [-0.4, -0.2) is 16.1 Å². The Morgan fingerprint density at radius 3 is 2.47 bits per heavy atom. The van der Waals surface area contributed by atoms with Crippen molar-refractivity contribution < 1.29 is 9.90 Å². The van der Waals surface area contributed by atoms with Gasteiger partial charge in [-0.3, -0.25) is 0 Å². The zero-order valence-corrected chi connectivity index (χ0v) is 12.3. The van der Waals surface area contributed by atoms with Crippen molar-refractivity contribution >= 4 is 17.3 Å². The van der Waals surface area contributed by atoms with Crippen LogP contribution >= 0.6 is 11.3 Å². The molecule has 0 fully saturated rings. The Morgan fingerprint density at radius 2 is 2.00 bits per heavy atom. The summed E-state index contributed by atoms with van der Waals surface area (Å²) >= 11 is 1.25. The molecule has 3 nitrogen and oxygen atoms in total. The van der Waals surface area contributed by atoms with Crippen LogP contribution in [0.3, 0.4) is 0 Å². The molecule has 0 aliphatic rings. The Labute approximate surface area is 116 Å². The lowest BCUT2D eigenvalue weighted by atomic mass is 9.91. The van der Waals surface area contributed by atoms with E-state index in [9.17, 15) is 9.90 Å². The molecular weight excluding hydrogens is 258 g/mol. The van der Waals surface area contributed by atoms with Crippen molar-refractivity contribution in [2.24, 2.45) is 0 Å². The summed E-state index contributed by atoms with van der Waals surface area (Å²) in [5.74, 6) is -0.902. The Bertz CT molecular complexity index is 623. The quantitative estimate of drug-likeness (QED) is 0.897. The molecular formula is C15H17NO2S. The predicted molar refractivity (Wildman–Crippen MR) is 77.9 cm³/mol. The molecule has 19 heavy (non-hydrogen) atoms. The number of carboxylic acids is 1. The third kappa shape index (κ3) is 2.84. The fourth-order valence-electron chi connectivity index (χ4n) is 1.87. The van der Waals surface area contributed by atoms with Crippen LogP contribution in [0, 0.1) is 6.92 Å². The zero-order chi connectivity index (χ0) is 14.2. The zero-order valence-electron chi connectivity index (χ0n) is 11.5. The van der Waals surface area contributed by atoms with E-state index in [-0.39, 0.29) is 5.41 Å². The number of carboxylic acid groups (broad SMARTS) is 1. The minimum Gasteiger partial charge on any atom is -0.477 e. The van der Waals surface area contributed by atoms with Crippen LogP contribution in [0.15, 0.2) is 24.3 Å². The molecule has 1 aromatic carbocycles. The van der Waals surface area contributed by atoms with Gasteiger partial charge in [-0.15, -0.1) is 11.3 Å². The van der Waals surface area contributed by atoms with Crippen LogP contribution in [0.2, 0.25) is 0 Å². The minimum absolute atomic E-state index is 0.272. The normalized spacial score (nSPS) is 11.6. The van der Waals surface area contributed by atoms with E-state index >= 15 is 0 Å². The summed E-state index contributed by atoms with van der Waals surface area (Å²) in [6.45, 7) is 7.96. The molecule has 4 heteroatoms. The predicted octanol–water partition coefficient (Wildman–Crippen LogP) is 4.11. The summed E-state index contributed by atoms with van der Waals surface area (Å²) in [6, 6.07) is 7.96. The van der Waals surface area contributed by atoms with Gasteiger partial charge in [-0.2, -0.15) is 0 Å². The number of nitrogens with zero attached hydrogens (tertiary/aromatic N) is 1. The summed E-state index contributed by atoms with van der Waals surface area (Å²) in [6.07, 6.45) is 0. The van der Waals surface area contributed by atoms with Crippen molar-refractivity contribution in [3.05, 3.63) is 40.4 Å². The monoisotopic (exact) mass is 275 g/mol. The van der Waals surface area contributed by atoms with E-state index in [0.29, 0.717) is 10.6 Å². The molecule has 1 aromatic heterocycles. The molecule has 0 bridgehead atoms. The second kappa shape index (κ2) is 4.78. The second-order valence-electron chi connectivity index (χ2n) is 5.62. The van der Waals surface area contributed by atoms with Crippen LogP contribution in [-0.2, 0) is 5.41 Å². The van der Waals surface area contributed by atoms with E-state index in [1.165, 1.54) is 11.3 Å². The van der Waals surface area contributed by atoms with Crippen molar-refractivity contribution in [2.75, 3.05) is 0 Å². The molecule has 1 heterocycles. The van der Waals surface area contributed by atoms with Gasteiger partial charge in [-0.05, 0) is 13.0 Å². The fraction of sp³-hybridized carbons (Fsp3) is 0.333. The van der Waals surface area contributed by atoms with Gasteiger partial charge < -0.3 is 5.11 Å². The number of hydrogen-bond donors (Lipinski definition) is 1. The lowest BCUT2D eigenvalue weighted by Gasteiger charge is -2.16. The van der Waals surface area contributed by atoms with Gasteiger partial charge in [0.15, 0.2) is 0 Å². The van der Waals surface area contributed by atoms with Crippen molar-refractivity contribution in [1.29, 1.82) is 0 Å². The van der Waals surface area contributed by atoms with E-state index < -0.39 is 5.97 Å². The maximum Gasteiger partial charge on any atom is 0.347 e. The van der Waals surface area contributed by atoms with Crippen LogP contribution in [0.1, 0.15) is 41.7 Å². The van der Waals surface area contributed by atoms with E-state index in [2.05, 4.69) is 4.98 Å². The van der Waals surface area contributed by atoms with Gasteiger partial charge in [-0.1, -0.05) is 44.5 Å². The van der Waals surface area contributed by atoms with E-state index in [1.807, 2.05) is 52.0 Å². The Kier molecular flexibility index (Phi) is 3.45. The first-order chi connectivity index (χ1) is 8.79. The van der Waals surface area contributed by atoms with Gasteiger partial charge in [0.05, 0.1) is 5.69 Å². The van der Waals surface area contributed by atoms with Crippen LogP contribution in [0.4, 0.5) is 0 Å². The Hall–Kier alpha value is -1.68. The number of rotatable bonds is 2. The smallest absolute Gasteiger partial charge is 0.347 e. The van der Waals surface area contributed by atoms with E-state index in [0.717, 1.165) is 16.1 Å². The van der Waals surface area contributed by atoms with Gasteiger partial charge in [0, 0.05) is 11.0 Å². The highest BCUT2D eigenvalue weighted by Crippen LogP contribution is 2.34. The average Bonchev–Trinajstić information content (AvgIpc) is 2.73.